The second-order valence-electron chi connectivity index (χ2n) is 5.73. The number of hydrogen-bond acceptors (Lipinski definition) is 5. The average molecular weight is 301 g/mol. The van der Waals surface area contributed by atoms with Gasteiger partial charge in [-0.15, -0.1) is 5.10 Å². The molecule has 2 unspecified atom stereocenters. The van der Waals surface area contributed by atoms with Gasteiger partial charge in [0, 0.05) is 11.3 Å². The molecule has 0 spiro atoms. The Morgan fingerprint density at radius 1 is 1.33 bits per heavy atom. The molecule has 1 aromatic carbocycles. The number of fused-ring (bicyclic) bond motifs is 1. The van der Waals surface area contributed by atoms with Crippen molar-refractivity contribution in [2.45, 2.75) is 48.7 Å². The molecule has 0 saturated heterocycles. The number of aromatic nitrogens is 4. The molecule has 2 aliphatic carbocycles. The van der Waals surface area contributed by atoms with Gasteiger partial charge in [0.1, 0.15) is 0 Å². The molecule has 0 amide bonds. The van der Waals surface area contributed by atoms with Crippen LogP contribution in [0.3, 0.4) is 0 Å². The zero-order chi connectivity index (χ0) is 14.2. The monoisotopic (exact) mass is 301 g/mol. The molecule has 1 saturated carbocycles. The van der Waals surface area contributed by atoms with Gasteiger partial charge in [-0.05, 0) is 47.4 Å². The van der Waals surface area contributed by atoms with Crippen LogP contribution in [0.4, 0.5) is 0 Å². The molecule has 6 heteroatoms. The topological polar surface area (TPSA) is 55.6 Å². The Labute approximate surface area is 128 Å². The summed E-state index contributed by atoms with van der Waals surface area (Å²) in [5, 5.41) is 17.3. The molecule has 1 N–H and O–H groups in total. The van der Waals surface area contributed by atoms with Gasteiger partial charge < -0.3 is 5.32 Å². The number of tetrazole rings is 1. The molecule has 1 heterocycles. The van der Waals surface area contributed by atoms with Crippen LogP contribution in [0, 0.1) is 0 Å². The van der Waals surface area contributed by atoms with Crippen LogP contribution in [0.5, 0.6) is 0 Å². The molecule has 1 fully saturated rings. The van der Waals surface area contributed by atoms with Crippen molar-refractivity contribution in [2.75, 3.05) is 6.54 Å². The summed E-state index contributed by atoms with van der Waals surface area (Å²) in [6, 6.07) is 9.66. The molecule has 0 bridgehead atoms. The van der Waals surface area contributed by atoms with Gasteiger partial charge >= 0.3 is 0 Å². The van der Waals surface area contributed by atoms with Gasteiger partial charge in [0.05, 0.1) is 6.04 Å². The van der Waals surface area contributed by atoms with Gasteiger partial charge in [-0.3, -0.25) is 0 Å². The smallest absolute Gasteiger partial charge is 0.209 e. The predicted molar refractivity (Wildman–Crippen MR) is 82.3 cm³/mol. The number of hydrogen-bond donors (Lipinski definition) is 1. The number of thioether (sulfide) groups is 1. The molecule has 2 aromatic rings. The molecule has 5 nitrogen and oxygen atoms in total. The maximum atomic E-state index is 4.24. The third-order valence-electron chi connectivity index (χ3n) is 4.22. The summed E-state index contributed by atoms with van der Waals surface area (Å²) in [5.74, 6) is 0. The van der Waals surface area contributed by atoms with Crippen molar-refractivity contribution in [3.8, 4) is 0 Å². The van der Waals surface area contributed by atoms with Gasteiger partial charge in [0.15, 0.2) is 0 Å². The van der Waals surface area contributed by atoms with Crippen molar-refractivity contribution in [1.29, 1.82) is 0 Å². The van der Waals surface area contributed by atoms with Crippen LogP contribution in [0.1, 0.15) is 43.0 Å². The summed E-state index contributed by atoms with van der Waals surface area (Å²) in [7, 11) is 0. The zero-order valence-electron chi connectivity index (χ0n) is 12.1. The number of nitrogens with one attached hydrogen (secondary N) is 1. The highest BCUT2D eigenvalue weighted by Crippen LogP contribution is 2.43. The molecular weight excluding hydrogens is 282 g/mol. The first-order valence-corrected chi connectivity index (χ1v) is 8.50. The lowest BCUT2D eigenvalue weighted by Gasteiger charge is -2.20. The Bertz CT molecular complexity index is 636. The molecule has 2 aliphatic rings. The van der Waals surface area contributed by atoms with E-state index in [1.807, 2.05) is 16.4 Å². The molecule has 0 aliphatic heterocycles. The zero-order valence-corrected chi connectivity index (χ0v) is 12.9. The van der Waals surface area contributed by atoms with E-state index in [1.165, 1.54) is 24.0 Å². The molecule has 4 rings (SSSR count). The number of nitrogens with zero attached hydrogens (tertiary/aromatic N) is 4. The summed E-state index contributed by atoms with van der Waals surface area (Å²) >= 11 is 1.82. The van der Waals surface area contributed by atoms with Gasteiger partial charge in [-0.1, -0.05) is 43.0 Å². The van der Waals surface area contributed by atoms with Gasteiger partial charge in [-0.2, -0.15) is 0 Å². The van der Waals surface area contributed by atoms with Crippen molar-refractivity contribution in [3.63, 3.8) is 0 Å². The van der Waals surface area contributed by atoms with E-state index >= 15 is 0 Å². The second kappa shape index (κ2) is 5.42. The largest absolute Gasteiger partial charge is 0.309 e. The fourth-order valence-electron chi connectivity index (χ4n) is 3.08. The van der Waals surface area contributed by atoms with E-state index < -0.39 is 0 Å². The normalized spacial score (nSPS) is 24.2. The maximum Gasteiger partial charge on any atom is 0.209 e. The Hall–Kier alpha value is -1.40. The minimum absolute atomic E-state index is 0.389. The molecule has 2 atom stereocenters. The Balaban J connectivity index is 1.58. The summed E-state index contributed by atoms with van der Waals surface area (Å²) in [5.41, 5.74) is 2.88. The van der Waals surface area contributed by atoms with Crippen LogP contribution in [0.2, 0.25) is 0 Å². The third kappa shape index (κ3) is 2.46. The fraction of sp³-hybridized carbons (Fsp3) is 0.533. The standard InChI is InChI=1S/C15H19N5S/c1-2-16-14-12-6-4-3-5-10(12)9-13(14)21-15-17-18-19-20(15)11-7-8-11/h3-6,11,13-14,16H,2,7-9H2,1H3. The van der Waals surface area contributed by atoms with Crippen molar-refractivity contribution in [3.05, 3.63) is 35.4 Å². The van der Waals surface area contributed by atoms with Crippen molar-refractivity contribution in [2.24, 2.45) is 0 Å². The highest BCUT2D eigenvalue weighted by atomic mass is 32.2. The lowest BCUT2D eigenvalue weighted by atomic mass is 10.1. The minimum atomic E-state index is 0.389. The van der Waals surface area contributed by atoms with Crippen LogP contribution >= 0.6 is 11.8 Å². The van der Waals surface area contributed by atoms with E-state index in [0.717, 1.165) is 18.1 Å². The maximum absolute atomic E-state index is 4.24. The average Bonchev–Trinajstić information content (AvgIpc) is 3.15. The molecule has 110 valence electrons. The first kappa shape index (κ1) is 13.3. The summed E-state index contributed by atoms with van der Waals surface area (Å²) in [4.78, 5) is 0. The molecule has 1 aromatic heterocycles. The van der Waals surface area contributed by atoms with E-state index in [1.54, 1.807) is 0 Å². The van der Waals surface area contributed by atoms with Crippen LogP contribution < -0.4 is 5.32 Å². The highest BCUT2D eigenvalue weighted by Gasteiger charge is 2.35. The first-order valence-electron chi connectivity index (χ1n) is 7.62. The van der Waals surface area contributed by atoms with Gasteiger partial charge in [-0.25, -0.2) is 4.68 Å². The summed E-state index contributed by atoms with van der Waals surface area (Å²) in [6.07, 6.45) is 3.50. The van der Waals surface area contributed by atoms with Crippen molar-refractivity contribution < 1.29 is 0 Å². The number of rotatable bonds is 5. The quantitative estimate of drug-likeness (QED) is 0.919. The lowest BCUT2D eigenvalue weighted by Crippen LogP contribution is -2.27. The lowest BCUT2D eigenvalue weighted by molar-refractivity contribution is 0.547. The predicted octanol–water partition coefficient (Wildman–Crippen LogP) is 2.38. The Morgan fingerprint density at radius 2 is 2.19 bits per heavy atom. The Kier molecular flexibility index (Phi) is 3.43. The van der Waals surface area contributed by atoms with E-state index in [2.05, 4.69) is 52.0 Å². The Morgan fingerprint density at radius 3 is 3.00 bits per heavy atom. The molecule has 0 radical (unpaired) electrons. The van der Waals surface area contributed by atoms with E-state index in [9.17, 15) is 0 Å². The first-order chi connectivity index (χ1) is 10.4. The van der Waals surface area contributed by atoms with Crippen molar-refractivity contribution in [1.82, 2.24) is 25.5 Å². The summed E-state index contributed by atoms with van der Waals surface area (Å²) < 4.78 is 2.01. The highest BCUT2D eigenvalue weighted by molar-refractivity contribution is 7.99. The SMILES string of the molecule is CCNC1c2ccccc2CC1Sc1nnnn1C1CC1. The third-order valence-corrected chi connectivity index (χ3v) is 5.44. The number of benzene rings is 1. The van der Waals surface area contributed by atoms with E-state index in [4.69, 9.17) is 0 Å². The fourth-order valence-corrected chi connectivity index (χ4v) is 4.37. The summed E-state index contributed by atoms with van der Waals surface area (Å²) in [6.45, 7) is 3.14. The van der Waals surface area contributed by atoms with Crippen LogP contribution in [-0.2, 0) is 6.42 Å². The van der Waals surface area contributed by atoms with Crippen LogP contribution in [-0.4, -0.2) is 32.0 Å². The van der Waals surface area contributed by atoms with E-state index in [0.29, 0.717) is 17.3 Å². The second-order valence-corrected chi connectivity index (χ2v) is 6.94. The van der Waals surface area contributed by atoms with Gasteiger partial charge in [0.25, 0.3) is 0 Å². The van der Waals surface area contributed by atoms with E-state index in [-0.39, 0.29) is 0 Å². The van der Waals surface area contributed by atoms with Crippen LogP contribution in [0.25, 0.3) is 0 Å². The van der Waals surface area contributed by atoms with Crippen molar-refractivity contribution >= 4 is 11.8 Å². The minimum Gasteiger partial charge on any atom is -0.309 e. The molecule has 21 heavy (non-hydrogen) atoms. The van der Waals surface area contributed by atoms with Crippen LogP contribution in [0.15, 0.2) is 29.4 Å². The molecular formula is C15H19N5S. The van der Waals surface area contributed by atoms with Gasteiger partial charge in [0.2, 0.25) is 5.16 Å².